The van der Waals surface area contributed by atoms with Crippen LogP contribution < -0.4 is 4.74 Å². The molecule has 0 aliphatic heterocycles. The Morgan fingerprint density at radius 3 is 2.35 bits per heavy atom. The van der Waals surface area contributed by atoms with E-state index in [-0.39, 0.29) is 18.4 Å². The quantitative estimate of drug-likeness (QED) is 0.190. The lowest BCUT2D eigenvalue weighted by molar-refractivity contribution is 0.0366. The van der Waals surface area contributed by atoms with Crippen LogP contribution in [0.15, 0.2) is 97.5 Å². The summed E-state index contributed by atoms with van der Waals surface area (Å²) in [5.41, 5.74) is 6.11. The summed E-state index contributed by atoms with van der Waals surface area (Å²) < 4.78 is 16.8. The van der Waals surface area contributed by atoms with Gasteiger partial charge in [-0.05, 0) is 49.7 Å². The largest absolute Gasteiger partial charge is 0.489 e. The van der Waals surface area contributed by atoms with Crippen LogP contribution in [0.2, 0.25) is 0 Å². The number of nitrogens with one attached hydrogen (secondary N) is 2. The molecule has 8 heteroatoms. The fourth-order valence-electron chi connectivity index (χ4n) is 5.20. The highest BCUT2D eigenvalue weighted by Gasteiger charge is 2.21. The number of esters is 1. The first-order chi connectivity index (χ1) is 21.0. The molecule has 0 aliphatic carbocycles. The number of carbonyl (C=O) groups is 1. The average Bonchev–Trinajstić information content (AvgIpc) is 3.59. The van der Waals surface area contributed by atoms with E-state index in [2.05, 4.69) is 38.1 Å². The van der Waals surface area contributed by atoms with E-state index in [0.29, 0.717) is 12.2 Å². The van der Waals surface area contributed by atoms with Crippen molar-refractivity contribution in [2.45, 2.75) is 33.2 Å². The van der Waals surface area contributed by atoms with Gasteiger partial charge >= 0.3 is 5.97 Å². The minimum atomic E-state index is -0.454. The second kappa shape index (κ2) is 12.3. The van der Waals surface area contributed by atoms with Gasteiger partial charge < -0.3 is 24.2 Å². The van der Waals surface area contributed by atoms with Gasteiger partial charge in [-0.25, -0.2) is 9.78 Å². The maximum absolute atomic E-state index is 12.6. The van der Waals surface area contributed by atoms with Crippen molar-refractivity contribution in [1.29, 1.82) is 0 Å². The lowest BCUT2D eigenvalue weighted by Crippen LogP contribution is -2.15. The summed E-state index contributed by atoms with van der Waals surface area (Å²) >= 11 is 0. The van der Waals surface area contributed by atoms with Crippen LogP contribution in [0.5, 0.6) is 5.75 Å². The minimum absolute atomic E-state index is 0.230. The normalized spacial score (nSPS) is 11.3. The number of aromatic amines is 2. The van der Waals surface area contributed by atoms with E-state index in [4.69, 9.17) is 14.2 Å². The molecule has 0 radical (unpaired) electrons. The maximum atomic E-state index is 12.6. The Balaban J connectivity index is 0.000000208. The highest BCUT2D eigenvalue weighted by atomic mass is 16.5. The molecule has 216 valence electrons. The standard InChI is InChI=1S/C24H24N2O4.C11H8N2/c1-15(2)30-24(27)23-19(14-28-3)22-18-11-17(29-13-16-7-5-4-6-8-16)9-10-20(18)26-21(22)12-25-23;1-2-4-10-8(3-1)9-5-6-12-7-11(9)13-10/h4-12,15,26H,13-14H2,1-3H3;1-7,13H. The van der Waals surface area contributed by atoms with Gasteiger partial charge in [0.1, 0.15) is 12.4 Å². The molecule has 3 aromatic carbocycles. The van der Waals surface area contributed by atoms with Crippen molar-refractivity contribution >= 4 is 49.6 Å². The summed E-state index contributed by atoms with van der Waals surface area (Å²) in [4.78, 5) is 27.7. The lowest BCUT2D eigenvalue weighted by Gasteiger charge is -2.12. The smallest absolute Gasteiger partial charge is 0.357 e. The Kier molecular flexibility index (Phi) is 8.02. The third-order valence-electron chi connectivity index (χ3n) is 7.09. The van der Waals surface area contributed by atoms with Gasteiger partial charge in [0.15, 0.2) is 5.69 Å². The monoisotopic (exact) mass is 572 g/mol. The van der Waals surface area contributed by atoms with E-state index in [9.17, 15) is 4.79 Å². The molecule has 2 N–H and O–H groups in total. The van der Waals surface area contributed by atoms with Gasteiger partial charge in [0, 0.05) is 51.4 Å². The number of nitrogens with zero attached hydrogens (tertiary/aromatic N) is 2. The van der Waals surface area contributed by atoms with Crippen LogP contribution in [0.1, 0.15) is 35.5 Å². The van der Waals surface area contributed by atoms with Crippen molar-refractivity contribution in [2.24, 2.45) is 0 Å². The first kappa shape index (κ1) is 27.9. The number of aromatic nitrogens is 4. The van der Waals surface area contributed by atoms with Gasteiger partial charge in [-0.3, -0.25) is 4.98 Å². The number of fused-ring (bicyclic) bond motifs is 6. The van der Waals surface area contributed by atoms with Gasteiger partial charge in [0.25, 0.3) is 0 Å². The van der Waals surface area contributed by atoms with Crippen molar-refractivity contribution in [3.05, 3.63) is 114 Å². The van der Waals surface area contributed by atoms with E-state index < -0.39 is 5.97 Å². The summed E-state index contributed by atoms with van der Waals surface area (Å²) in [6.07, 6.45) is 5.11. The molecule has 0 saturated heterocycles. The van der Waals surface area contributed by atoms with Crippen LogP contribution in [0.3, 0.4) is 0 Å². The summed E-state index contributed by atoms with van der Waals surface area (Å²) in [5, 5.41) is 4.34. The number of pyridine rings is 2. The molecule has 0 saturated carbocycles. The molecule has 0 fully saturated rings. The van der Waals surface area contributed by atoms with Crippen molar-refractivity contribution < 1.29 is 19.0 Å². The Hall–Kier alpha value is -5.21. The number of benzene rings is 3. The zero-order chi connectivity index (χ0) is 29.8. The fourth-order valence-corrected chi connectivity index (χ4v) is 5.20. The van der Waals surface area contributed by atoms with Crippen LogP contribution in [-0.4, -0.2) is 39.1 Å². The molecule has 0 unspecified atom stereocenters. The van der Waals surface area contributed by atoms with Gasteiger partial charge in [-0.1, -0.05) is 48.5 Å². The van der Waals surface area contributed by atoms with Crippen molar-refractivity contribution in [2.75, 3.05) is 7.11 Å². The molecule has 8 nitrogen and oxygen atoms in total. The summed E-state index contributed by atoms with van der Waals surface area (Å²) in [6.45, 7) is 4.35. The van der Waals surface area contributed by atoms with Gasteiger partial charge in [0.2, 0.25) is 0 Å². The first-order valence-electron chi connectivity index (χ1n) is 14.1. The van der Waals surface area contributed by atoms with E-state index in [0.717, 1.165) is 38.6 Å². The fraction of sp³-hybridized carbons (Fsp3) is 0.171. The second-order valence-corrected chi connectivity index (χ2v) is 10.5. The van der Waals surface area contributed by atoms with Gasteiger partial charge in [0.05, 0.1) is 36.1 Å². The molecule has 7 aromatic rings. The predicted octanol–water partition coefficient (Wildman–Crippen LogP) is 7.72. The van der Waals surface area contributed by atoms with Crippen molar-refractivity contribution in [1.82, 2.24) is 19.9 Å². The number of H-pyrrole nitrogens is 2. The number of carbonyl (C=O) groups excluding carboxylic acids is 1. The van der Waals surface area contributed by atoms with Crippen LogP contribution in [-0.2, 0) is 22.7 Å². The minimum Gasteiger partial charge on any atom is -0.489 e. The Bertz CT molecular complexity index is 1980. The third-order valence-corrected chi connectivity index (χ3v) is 7.09. The van der Waals surface area contributed by atoms with E-state index in [1.54, 1.807) is 13.3 Å². The molecule has 0 bridgehead atoms. The van der Waals surface area contributed by atoms with Crippen LogP contribution in [0, 0.1) is 0 Å². The second-order valence-electron chi connectivity index (χ2n) is 10.5. The Morgan fingerprint density at radius 2 is 1.53 bits per heavy atom. The van der Waals surface area contributed by atoms with E-state index in [1.807, 2.05) is 86.9 Å². The summed E-state index contributed by atoms with van der Waals surface area (Å²) in [7, 11) is 1.60. The number of rotatable bonds is 7. The molecule has 43 heavy (non-hydrogen) atoms. The molecule has 7 rings (SSSR count). The SMILES string of the molecule is COCc1c(C(=O)OC(C)C)ncc2[nH]c3ccc(OCc4ccccc4)cc3c12.c1ccc2c(c1)[nH]c1cnccc12. The predicted molar refractivity (Wildman–Crippen MR) is 169 cm³/mol. The lowest BCUT2D eigenvalue weighted by atomic mass is 10.1. The van der Waals surface area contributed by atoms with Crippen LogP contribution in [0.25, 0.3) is 43.6 Å². The molecule has 0 amide bonds. The zero-order valence-corrected chi connectivity index (χ0v) is 24.3. The average molecular weight is 573 g/mol. The number of methoxy groups -OCH3 is 1. The molecule has 0 spiro atoms. The van der Waals surface area contributed by atoms with Gasteiger partial charge in [-0.2, -0.15) is 0 Å². The molecule has 4 aromatic heterocycles. The summed E-state index contributed by atoms with van der Waals surface area (Å²) in [6, 6.07) is 26.2. The van der Waals surface area contributed by atoms with Crippen LogP contribution >= 0.6 is 0 Å². The van der Waals surface area contributed by atoms with Crippen molar-refractivity contribution in [3.63, 3.8) is 0 Å². The third kappa shape index (κ3) is 5.91. The number of para-hydroxylation sites is 1. The molecule has 0 atom stereocenters. The molecular weight excluding hydrogens is 540 g/mol. The first-order valence-corrected chi connectivity index (χ1v) is 14.1. The summed E-state index contributed by atoms with van der Waals surface area (Å²) in [5.74, 6) is 0.295. The Labute approximate surface area is 248 Å². The maximum Gasteiger partial charge on any atom is 0.357 e. The molecule has 4 heterocycles. The van der Waals surface area contributed by atoms with Crippen LogP contribution in [0.4, 0.5) is 0 Å². The molecule has 0 aliphatic rings. The highest BCUT2D eigenvalue weighted by Crippen LogP contribution is 2.33. The number of ether oxygens (including phenoxy) is 3. The zero-order valence-electron chi connectivity index (χ0n) is 24.3. The highest BCUT2D eigenvalue weighted by molar-refractivity contribution is 6.11. The number of hydrogen-bond acceptors (Lipinski definition) is 6. The van der Waals surface area contributed by atoms with Gasteiger partial charge in [-0.15, -0.1) is 0 Å². The molecular formula is C35H32N4O4. The Morgan fingerprint density at radius 1 is 0.791 bits per heavy atom. The number of hydrogen-bond donors (Lipinski definition) is 2. The van der Waals surface area contributed by atoms with E-state index in [1.165, 1.54) is 16.3 Å². The topological polar surface area (TPSA) is 102 Å². The van der Waals surface area contributed by atoms with E-state index >= 15 is 0 Å². The van der Waals surface area contributed by atoms with Crippen molar-refractivity contribution in [3.8, 4) is 5.75 Å².